The molecule has 0 spiro atoms. The Balaban J connectivity index is 2.98. The van der Waals surface area contributed by atoms with Crippen LogP contribution < -0.4 is 5.32 Å². The number of rotatable bonds is 1. The molecule has 0 atom stereocenters. The fourth-order valence-corrected chi connectivity index (χ4v) is 1.14. The van der Waals surface area contributed by atoms with E-state index in [0.29, 0.717) is 4.90 Å². The molecule has 1 N–H and O–H groups in total. The lowest BCUT2D eigenvalue weighted by molar-refractivity contribution is 0.187. The summed E-state index contributed by atoms with van der Waals surface area (Å²) in [4.78, 5) is 11.1. The highest BCUT2D eigenvalue weighted by Gasteiger charge is 2.09. The number of anilines is 1. The molecular formula is C8H7ClFNO2S. The third-order valence-electron chi connectivity index (χ3n) is 1.46. The number of carbonyl (C=O) groups is 1. The number of halogens is 2. The molecule has 3 nitrogen and oxygen atoms in total. The molecule has 0 aliphatic rings. The number of nitrogens with one attached hydrogen (secondary N) is 1. The van der Waals surface area contributed by atoms with Gasteiger partial charge in [0.15, 0.2) is 0 Å². The molecule has 0 saturated carbocycles. The van der Waals surface area contributed by atoms with Gasteiger partial charge in [0.05, 0.1) is 17.8 Å². The predicted molar refractivity (Wildman–Crippen MR) is 54.7 cm³/mol. The van der Waals surface area contributed by atoms with E-state index in [2.05, 4.69) is 22.7 Å². The van der Waals surface area contributed by atoms with Gasteiger partial charge in [-0.3, -0.25) is 5.32 Å². The van der Waals surface area contributed by atoms with Gasteiger partial charge < -0.3 is 4.74 Å². The van der Waals surface area contributed by atoms with Crippen LogP contribution in [0.3, 0.4) is 0 Å². The minimum Gasteiger partial charge on any atom is -0.453 e. The summed E-state index contributed by atoms with van der Waals surface area (Å²) in [5, 5.41) is 2.37. The van der Waals surface area contributed by atoms with Crippen molar-refractivity contribution in [3.8, 4) is 0 Å². The van der Waals surface area contributed by atoms with Crippen LogP contribution in [0, 0.1) is 5.82 Å². The summed E-state index contributed by atoms with van der Waals surface area (Å²) < 4.78 is 17.4. The number of methoxy groups -OCH3 is 1. The van der Waals surface area contributed by atoms with E-state index >= 15 is 0 Å². The minimum absolute atomic E-state index is 0.0220. The zero-order valence-corrected chi connectivity index (χ0v) is 8.82. The quantitative estimate of drug-likeness (QED) is 0.735. The lowest BCUT2D eigenvalue weighted by Crippen LogP contribution is -2.12. The van der Waals surface area contributed by atoms with Gasteiger partial charge in [-0.1, -0.05) is 11.6 Å². The van der Waals surface area contributed by atoms with Crippen LogP contribution in [0.1, 0.15) is 0 Å². The fraction of sp³-hybridized carbons (Fsp3) is 0.125. The van der Waals surface area contributed by atoms with E-state index in [-0.39, 0.29) is 10.7 Å². The van der Waals surface area contributed by atoms with Crippen molar-refractivity contribution in [2.45, 2.75) is 4.90 Å². The third-order valence-corrected chi connectivity index (χ3v) is 2.27. The number of ether oxygens (including phenoxy) is 1. The molecule has 0 heterocycles. The Kier molecular flexibility index (Phi) is 3.60. The summed E-state index contributed by atoms with van der Waals surface area (Å²) >= 11 is 9.57. The first-order valence-electron chi connectivity index (χ1n) is 3.57. The maximum Gasteiger partial charge on any atom is 0.411 e. The first-order chi connectivity index (χ1) is 6.54. The summed E-state index contributed by atoms with van der Waals surface area (Å²) in [5.74, 6) is -0.641. The van der Waals surface area contributed by atoms with Gasteiger partial charge in [0.2, 0.25) is 0 Å². The molecule has 0 saturated heterocycles. The Labute approximate surface area is 90.6 Å². The molecule has 0 unspecified atom stereocenters. The zero-order chi connectivity index (χ0) is 10.7. The average Bonchev–Trinajstić information content (AvgIpc) is 2.14. The molecule has 1 rings (SSSR count). The van der Waals surface area contributed by atoms with E-state index in [0.717, 1.165) is 6.07 Å². The lowest BCUT2D eigenvalue weighted by atomic mass is 10.3. The van der Waals surface area contributed by atoms with Crippen molar-refractivity contribution in [1.82, 2.24) is 0 Å². The Bertz CT molecular complexity index is 373. The lowest BCUT2D eigenvalue weighted by Gasteiger charge is -2.06. The number of hydrogen-bond donors (Lipinski definition) is 2. The van der Waals surface area contributed by atoms with Gasteiger partial charge in [0.25, 0.3) is 0 Å². The molecule has 1 amide bonds. The second kappa shape index (κ2) is 4.52. The minimum atomic E-state index is -0.751. The van der Waals surface area contributed by atoms with Crippen molar-refractivity contribution in [2.24, 2.45) is 0 Å². The number of thiol groups is 1. The van der Waals surface area contributed by atoms with Crippen LogP contribution in [-0.2, 0) is 4.74 Å². The first-order valence-corrected chi connectivity index (χ1v) is 4.40. The topological polar surface area (TPSA) is 38.3 Å². The van der Waals surface area contributed by atoms with Crippen molar-refractivity contribution in [3.05, 3.63) is 23.0 Å². The van der Waals surface area contributed by atoms with Gasteiger partial charge in [0.1, 0.15) is 5.82 Å². The molecule has 0 aromatic heterocycles. The number of amides is 1. The van der Waals surface area contributed by atoms with E-state index in [1.54, 1.807) is 0 Å². The SMILES string of the molecule is COC(=O)Nc1cc(S)c(Cl)cc1F. The molecule has 0 aliphatic carbocycles. The van der Waals surface area contributed by atoms with E-state index in [9.17, 15) is 9.18 Å². The molecular weight excluding hydrogens is 229 g/mol. The highest BCUT2D eigenvalue weighted by molar-refractivity contribution is 7.80. The largest absolute Gasteiger partial charge is 0.453 e. The van der Waals surface area contributed by atoms with Gasteiger partial charge in [-0.2, -0.15) is 0 Å². The number of carbonyl (C=O) groups excluding carboxylic acids is 1. The molecule has 0 radical (unpaired) electrons. The van der Waals surface area contributed by atoms with Crippen molar-refractivity contribution in [2.75, 3.05) is 12.4 Å². The zero-order valence-electron chi connectivity index (χ0n) is 7.17. The highest BCUT2D eigenvalue weighted by Crippen LogP contribution is 2.26. The molecule has 0 bridgehead atoms. The van der Waals surface area contributed by atoms with Gasteiger partial charge in [-0.15, -0.1) is 12.6 Å². The van der Waals surface area contributed by atoms with Gasteiger partial charge in [-0.25, -0.2) is 9.18 Å². The Morgan fingerprint density at radius 1 is 1.64 bits per heavy atom. The number of hydrogen-bond acceptors (Lipinski definition) is 3. The maximum absolute atomic E-state index is 13.1. The van der Waals surface area contributed by atoms with Crippen molar-refractivity contribution >= 4 is 36.0 Å². The van der Waals surface area contributed by atoms with E-state index in [1.165, 1.54) is 13.2 Å². The van der Waals surface area contributed by atoms with Crippen molar-refractivity contribution < 1.29 is 13.9 Å². The monoisotopic (exact) mass is 235 g/mol. The van der Waals surface area contributed by atoms with E-state index in [4.69, 9.17) is 11.6 Å². The van der Waals surface area contributed by atoms with Gasteiger partial charge >= 0.3 is 6.09 Å². The summed E-state index contributed by atoms with van der Waals surface area (Å²) in [6.45, 7) is 0. The van der Waals surface area contributed by atoms with Crippen LogP contribution >= 0.6 is 24.2 Å². The highest BCUT2D eigenvalue weighted by atomic mass is 35.5. The second-order valence-electron chi connectivity index (χ2n) is 2.40. The standard InChI is InChI=1S/C8H7ClFNO2S/c1-13-8(12)11-6-3-7(14)4(9)2-5(6)10/h2-3,14H,1H3,(H,11,12). The molecule has 14 heavy (non-hydrogen) atoms. The van der Waals surface area contributed by atoms with Gasteiger partial charge in [-0.05, 0) is 12.1 Å². The Morgan fingerprint density at radius 2 is 2.29 bits per heavy atom. The Morgan fingerprint density at radius 3 is 2.86 bits per heavy atom. The van der Waals surface area contributed by atoms with Crippen LogP contribution in [0.15, 0.2) is 17.0 Å². The van der Waals surface area contributed by atoms with Gasteiger partial charge in [0, 0.05) is 4.90 Å². The molecule has 76 valence electrons. The normalized spacial score (nSPS) is 9.71. The summed E-state index contributed by atoms with van der Waals surface area (Å²) in [6, 6.07) is 2.37. The molecule has 0 aliphatic heterocycles. The van der Waals surface area contributed by atoms with Crippen molar-refractivity contribution in [3.63, 3.8) is 0 Å². The smallest absolute Gasteiger partial charge is 0.411 e. The molecule has 6 heteroatoms. The van der Waals surface area contributed by atoms with Crippen LogP contribution in [0.5, 0.6) is 0 Å². The van der Waals surface area contributed by atoms with Crippen LogP contribution in [0.2, 0.25) is 5.02 Å². The van der Waals surface area contributed by atoms with Crippen LogP contribution in [0.25, 0.3) is 0 Å². The van der Waals surface area contributed by atoms with Crippen molar-refractivity contribution in [1.29, 1.82) is 0 Å². The summed E-state index contributed by atoms with van der Waals surface area (Å²) in [7, 11) is 1.19. The maximum atomic E-state index is 13.1. The molecule has 0 fully saturated rings. The van der Waals surface area contributed by atoms with Crippen LogP contribution in [-0.4, -0.2) is 13.2 Å². The molecule has 1 aromatic carbocycles. The second-order valence-corrected chi connectivity index (χ2v) is 3.29. The fourth-order valence-electron chi connectivity index (χ4n) is 0.794. The predicted octanol–water partition coefficient (Wildman–Crippen LogP) is 2.95. The first kappa shape index (κ1) is 11.1. The summed E-state index contributed by atoms with van der Waals surface area (Å²) in [5.41, 5.74) is -0.0220. The van der Waals surface area contributed by atoms with E-state index < -0.39 is 11.9 Å². The molecule has 1 aromatic rings. The third kappa shape index (κ3) is 2.52. The number of benzene rings is 1. The average molecular weight is 236 g/mol. The van der Waals surface area contributed by atoms with E-state index in [1.807, 2.05) is 0 Å². The van der Waals surface area contributed by atoms with Crippen LogP contribution in [0.4, 0.5) is 14.9 Å². The summed E-state index contributed by atoms with van der Waals surface area (Å²) in [6.07, 6.45) is -0.751. The Hall–Kier alpha value is -0.940.